The molecule has 0 atom stereocenters. The molecular formula is C13H10Br2FNO2S. The molecule has 0 amide bonds. The van der Waals surface area contributed by atoms with Gasteiger partial charge in [0, 0.05) is 14.6 Å². The highest BCUT2D eigenvalue weighted by Crippen LogP contribution is 2.30. The number of benzene rings is 2. The van der Waals surface area contributed by atoms with Crippen LogP contribution in [0.15, 0.2) is 50.2 Å². The summed E-state index contributed by atoms with van der Waals surface area (Å²) in [4.78, 5) is 0.110. The van der Waals surface area contributed by atoms with Crippen molar-refractivity contribution in [1.82, 2.24) is 0 Å². The Balaban J connectivity index is 2.40. The van der Waals surface area contributed by atoms with E-state index in [9.17, 15) is 12.8 Å². The highest BCUT2D eigenvalue weighted by atomic mass is 79.9. The van der Waals surface area contributed by atoms with Crippen LogP contribution < -0.4 is 4.72 Å². The van der Waals surface area contributed by atoms with E-state index in [0.717, 1.165) is 5.56 Å². The molecule has 20 heavy (non-hydrogen) atoms. The fourth-order valence-corrected chi connectivity index (χ4v) is 4.30. The van der Waals surface area contributed by atoms with Crippen LogP contribution in [0.4, 0.5) is 10.1 Å². The lowest BCUT2D eigenvalue weighted by molar-refractivity contribution is 0.600. The van der Waals surface area contributed by atoms with Crippen molar-refractivity contribution in [3.05, 3.63) is 56.7 Å². The van der Waals surface area contributed by atoms with Crippen molar-refractivity contribution in [2.24, 2.45) is 0 Å². The Hall–Kier alpha value is -0.920. The van der Waals surface area contributed by atoms with Crippen molar-refractivity contribution in [1.29, 1.82) is 0 Å². The van der Waals surface area contributed by atoms with Gasteiger partial charge < -0.3 is 0 Å². The molecule has 0 spiro atoms. The van der Waals surface area contributed by atoms with Gasteiger partial charge in [0.1, 0.15) is 10.7 Å². The Kier molecular flexibility index (Phi) is 4.51. The third-order valence-electron chi connectivity index (χ3n) is 2.60. The summed E-state index contributed by atoms with van der Waals surface area (Å²) in [5.41, 5.74) is 1.22. The highest BCUT2D eigenvalue weighted by Gasteiger charge is 2.19. The van der Waals surface area contributed by atoms with Crippen LogP contribution in [0.25, 0.3) is 0 Å². The summed E-state index contributed by atoms with van der Waals surface area (Å²) in [5.74, 6) is -0.424. The predicted octanol–water partition coefficient (Wildman–Crippen LogP) is 4.46. The summed E-state index contributed by atoms with van der Waals surface area (Å²) in [5, 5.41) is 0. The van der Waals surface area contributed by atoms with Gasteiger partial charge in [-0.2, -0.15) is 0 Å². The van der Waals surface area contributed by atoms with E-state index in [4.69, 9.17) is 0 Å². The number of aryl methyl sites for hydroxylation is 1. The summed E-state index contributed by atoms with van der Waals surface area (Å²) in [7, 11) is -3.75. The van der Waals surface area contributed by atoms with Gasteiger partial charge >= 0.3 is 0 Å². The molecule has 0 saturated heterocycles. The van der Waals surface area contributed by atoms with Crippen LogP contribution in [-0.2, 0) is 10.0 Å². The summed E-state index contributed by atoms with van der Waals surface area (Å²) in [6, 6.07) is 8.35. The molecule has 106 valence electrons. The van der Waals surface area contributed by atoms with E-state index in [-0.39, 0.29) is 4.90 Å². The number of hydrogen-bond donors (Lipinski definition) is 1. The third-order valence-corrected chi connectivity index (χ3v) is 5.79. The van der Waals surface area contributed by atoms with Crippen LogP contribution >= 0.6 is 31.9 Å². The maximum atomic E-state index is 12.8. The average Bonchev–Trinajstić information content (AvgIpc) is 2.36. The standard InChI is InChI=1S/C13H10Br2FNO2S/c1-8-6-12(15)13(7-11(8)14)20(18,19)17-10-4-2-9(16)3-5-10/h2-7,17H,1H3. The smallest absolute Gasteiger partial charge is 0.263 e. The molecule has 7 heteroatoms. The SMILES string of the molecule is Cc1cc(Br)c(S(=O)(=O)Nc2ccc(F)cc2)cc1Br. The van der Waals surface area contributed by atoms with Crippen molar-refractivity contribution in [3.8, 4) is 0 Å². The van der Waals surface area contributed by atoms with Gasteiger partial charge in [-0.05, 0) is 64.8 Å². The maximum absolute atomic E-state index is 12.8. The highest BCUT2D eigenvalue weighted by molar-refractivity contribution is 9.11. The molecule has 0 aliphatic rings. The van der Waals surface area contributed by atoms with E-state index >= 15 is 0 Å². The molecule has 2 aromatic rings. The lowest BCUT2D eigenvalue weighted by Gasteiger charge is -2.11. The van der Waals surface area contributed by atoms with E-state index < -0.39 is 15.8 Å². The second-order valence-corrected chi connectivity index (χ2v) is 7.50. The minimum Gasteiger partial charge on any atom is -0.280 e. The molecule has 3 nitrogen and oxygen atoms in total. The molecule has 0 aliphatic carbocycles. The normalized spacial score (nSPS) is 11.4. The van der Waals surface area contributed by atoms with Gasteiger partial charge in [0.25, 0.3) is 10.0 Å². The molecule has 0 saturated carbocycles. The van der Waals surface area contributed by atoms with Gasteiger partial charge in [-0.1, -0.05) is 15.9 Å². The number of hydrogen-bond acceptors (Lipinski definition) is 2. The molecular weight excluding hydrogens is 413 g/mol. The first kappa shape index (κ1) is 15.5. The zero-order valence-corrected chi connectivity index (χ0v) is 14.3. The van der Waals surface area contributed by atoms with E-state index in [2.05, 4.69) is 36.6 Å². The van der Waals surface area contributed by atoms with Gasteiger partial charge in [0.05, 0.1) is 0 Å². The minimum atomic E-state index is -3.75. The lowest BCUT2D eigenvalue weighted by Crippen LogP contribution is -2.13. The van der Waals surface area contributed by atoms with Crippen molar-refractivity contribution < 1.29 is 12.8 Å². The summed E-state index contributed by atoms with van der Waals surface area (Å²) < 4.78 is 41.0. The van der Waals surface area contributed by atoms with E-state index in [0.29, 0.717) is 14.6 Å². The molecule has 0 unspecified atom stereocenters. The number of rotatable bonds is 3. The minimum absolute atomic E-state index is 0.110. The number of sulfonamides is 1. The number of anilines is 1. The van der Waals surface area contributed by atoms with Crippen LogP contribution in [0.5, 0.6) is 0 Å². The predicted molar refractivity (Wildman–Crippen MR) is 83.8 cm³/mol. The average molecular weight is 423 g/mol. The van der Waals surface area contributed by atoms with Gasteiger partial charge in [-0.15, -0.1) is 0 Å². The topological polar surface area (TPSA) is 46.2 Å². The Labute approximate surface area is 133 Å². The van der Waals surface area contributed by atoms with Gasteiger partial charge in [-0.25, -0.2) is 12.8 Å². The quantitative estimate of drug-likeness (QED) is 0.793. The molecule has 1 N–H and O–H groups in total. The zero-order valence-electron chi connectivity index (χ0n) is 10.3. The molecule has 0 bridgehead atoms. The van der Waals surface area contributed by atoms with Crippen molar-refractivity contribution in [2.45, 2.75) is 11.8 Å². The molecule has 0 radical (unpaired) electrons. The van der Waals surface area contributed by atoms with Crippen LogP contribution in [-0.4, -0.2) is 8.42 Å². The summed E-state index contributed by atoms with van der Waals surface area (Å²) in [6.07, 6.45) is 0. The summed E-state index contributed by atoms with van der Waals surface area (Å²) >= 11 is 6.55. The second-order valence-electron chi connectivity index (χ2n) is 4.14. The van der Waals surface area contributed by atoms with Crippen molar-refractivity contribution >= 4 is 47.6 Å². The molecule has 0 fully saturated rings. The fourth-order valence-electron chi connectivity index (χ4n) is 1.56. The Morgan fingerprint density at radius 1 is 1.05 bits per heavy atom. The van der Waals surface area contributed by atoms with Gasteiger partial charge in [-0.3, -0.25) is 4.72 Å². The molecule has 0 heterocycles. The largest absolute Gasteiger partial charge is 0.280 e. The van der Waals surface area contributed by atoms with Crippen molar-refractivity contribution in [3.63, 3.8) is 0 Å². The first-order valence-electron chi connectivity index (χ1n) is 5.53. The third kappa shape index (κ3) is 3.39. The molecule has 0 aromatic heterocycles. The Bertz CT molecular complexity index is 746. The van der Waals surface area contributed by atoms with E-state index in [1.54, 1.807) is 6.07 Å². The van der Waals surface area contributed by atoms with Crippen LogP contribution in [0, 0.1) is 12.7 Å². The van der Waals surface area contributed by atoms with Crippen LogP contribution in [0.1, 0.15) is 5.56 Å². The summed E-state index contributed by atoms with van der Waals surface area (Å²) in [6.45, 7) is 1.86. The van der Waals surface area contributed by atoms with E-state index in [1.165, 1.54) is 30.3 Å². The zero-order chi connectivity index (χ0) is 14.9. The van der Waals surface area contributed by atoms with Crippen molar-refractivity contribution in [2.75, 3.05) is 4.72 Å². The fraction of sp³-hybridized carbons (Fsp3) is 0.0769. The maximum Gasteiger partial charge on any atom is 0.263 e. The van der Waals surface area contributed by atoms with Crippen LogP contribution in [0.3, 0.4) is 0 Å². The van der Waals surface area contributed by atoms with E-state index in [1.807, 2.05) is 6.92 Å². The number of nitrogens with one attached hydrogen (secondary N) is 1. The first-order valence-corrected chi connectivity index (χ1v) is 8.60. The lowest BCUT2D eigenvalue weighted by atomic mass is 10.2. The molecule has 2 aromatic carbocycles. The Morgan fingerprint density at radius 3 is 2.25 bits per heavy atom. The first-order chi connectivity index (χ1) is 9.29. The van der Waals surface area contributed by atoms with Gasteiger partial charge in [0.2, 0.25) is 0 Å². The monoisotopic (exact) mass is 421 g/mol. The van der Waals surface area contributed by atoms with Crippen LogP contribution in [0.2, 0.25) is 0 Å². The molecule has 2 rings (SSSR count). The molecule has 0 aliphatic heterocycles. The Morgan fingerprint density at radius 2 is 1.65 bits per heavy atom. The van der Waals surface area contributed by atoms with Gasteiger partial charge in [0.15, 0.2) is 0 Å². The number of halogens is 3. The second kappa shape index (κ2) is 5.83.